The molecule has 3 aromatic heterocycles. The number of rotatable bonds is 4. The lowest BCUT2D eigenvalue weighted by molar-refractivity contribution is 0.682. The summed E-state index contributed by atoms with van der Waals surface area (Å²) < 4.78 is 15.2. The first-order chi connectivity index (χ1) is 12.4. The zero-order chi connectivity index (χ0) is 18.3. The summed E-state index contributed by atoms with van der Waals surface area (Å²) in [5, 5.41) is 17.3. The summed E-state index contributed by atoms with van der Waals surface area (Å²) in [5.74, 6) is 3.88. The van der Waals surface area contributed by atoms with Crippen molar-refractivity contribution in [2.24, 2.45) is 12.2 Å². The van der Waals surface area contributed by atoms with E-state index in [9.17, 15) is 4.21 Å². The Labute approximate surface area is 149 Å². The molecule has 1 unspecified atom stereocenters. The van der Waals surface area contributed by atoms with Crippen molar-refractivity contribution in [3.05, 3.63) is 49.1 Å². The molecule has 1 atom stereocenters. The van der Waals surface area contributed by atoms with Crippen LogP contribution in [0.3, 0.4) is 0 Å². The van der Waals surface area contributed by atoms with E-state index in [4.69, 9.17) is 5.14 Å². The molecule has 1 aromatic carbocycles. The quantitative estimate of drug-likeness (QED) is 0.523. The van der Waals surface area contributed by atoms with Gasteiger partial charge in [-0.05, 0) is 30.1 Å². The second kappa shape index (κ2) is 5.93. The molecule has 0 spiro atoms. The predicted octanol–water partition coefficient (Wildman–Crippen LogP) is 1.22. The predicted molar refractivity (Wildman–Crippen MR) is 100 cm³/mol. The number of hydrogen-bond donors (Lipinski definition) is 2. The maximum Gasteiger partial charge on any atom is 0.247 e. The average molecular weight is 368 g/mol. The minimum Gasteiger partial charge on any atom is -0.323 e. The van der Waals surface area contributed by atoms with E-state index in [2.05, 4.69) is 31.4 Å². The largest absolute Gasteiger partial charge is 0.323 e. The van der Waals surface area contributed by atoms with Crippen LogP contribution in [-0.2, 0) is 16.8 Å². The molecule has 0 fully saturated rings. The molecule has 0 aliphatic heterocycles. The summed E-state index contributed by atoms with van der Waals surface area (Å²) >= 11 is 0. The molecular formula is C16H16N8OS. The van der Waals surface area contributed by atoms with Crippen LogP contribution in [-0.4, -0.2) is 39.4 Å². The van der Waals surface area contributed by atoms with E-state index in [0.29, 0.717) is 16.5 Å². The summed E-state index contributed by atoms with van der Waals surface area (Å²) in [6, 6.07) is 6.82. The standard InChI is InChI=1S/C16H16N8OS/c1-23-10-11(7-19-23)14-8-18-9-15-21-16(22-24(14)15)20-12-3-5-13(6-4-12)26(2,17)25/h3-10H,2H2,1H3,(H2,17,25)(H,20,22). The number of benzene rings is 1. The lowest BCUT2D eigenvalue weighted by Gasteiger charge is -2.05. The summed E-state index contributed by atoms with van der Waals surface area (Å²) in [6.45, 7) is 0. The summed E-state index contributed by atoms with van der Waals surface area (Å²) in [6.07, 6.45) is 6.97. The highest BCUT2D eigenvalue weighted by atomic mass is 32.2. The van der Waals surface area contributed by atoms with Gasteiger partial charge >= 0.3 is 0 Å². The van der Waals surface area contributed by atoms with Gasteiger partial charge in [-0.15, -0.1) is 5.10 Å². The molecule has 0 saturated carbocycles. The number of fused-ring (bicyclic) bond motifs is 1. The van der Waals surface area contributed by atoms with Crippen LogP contribution in [0.15, 0.2) is 53.9 Å². The van der Waals surface area contributed by atoms with E-state index >= 15 is 0 Å². The van der Waals surface area contributed by atoms with Gasteiger partial charge in [-0.2, -0.15) is 10.1 Å². The fraction of sp³-hybridized carbons (Fsp3) is 0.0625. The van der Waals surface area contributed by atoms with Crippen molar-refractivity contribution in [3.63, 3.8) is 0 Å². The van der Waals surface area contributed by atoms with Gasteiger partial charge in [-0.3, -0.25) is 14.8 Å². The van der Waals surface area contributed by atoms with Crippen LogP contribution in [0.25, 0.3) is 16.9 Å². The van der Waals surface area contributed by atoms with Crippen molar-refractivity contribution in [3.8, 4) is 11.3 Å². The van der Waals surface area contributed by atoms with Crippen molar-refractivity contribution in [2.75, 3.05) is 5.32 Å². The van der Waals surface area contributed by atoms with Crippen LogP contribution in [0, 0.1) is 0 Å². The number of nitrogens with zero attached hydrogens (tertiary/aromatic N) is 6. The molecule has 0 radical (unpaired) electrons. The normalized spacial score (nSPS) is 13.6. The highest BCUT2D eigenvalue weighted by Crippen LogP contribution is 2.21. The molecule has 0 bridgehead atoms. The number of hydrogen-bond acceptors (Lipinski definition) is 6. The minimum absolute atomic E-state index is 0.416. The SMILES string of the molecule is C=S(N)(=O)c1ccc(Nc2nc3cncc(-c4cnn(C)c4)n3n2)cc1. The number of aryl methyl sites for hydroxylation is 1. The Morgan fingerprint density at radius 1 is 1.19 bits per heavy atom. The second-order valence-electron chi connectivity index (χ2n) is 5.78. The Morgan fingerprint density at radius 2 is 1.96 bits per heavy atom. The molecule has 0 aliphatic rings. The van der Waals surface area contributed by atoms with E-state index in [1.807, 2.05) is 13.2 Å². The van der Waals surface area contributed by atoms with Crippen LogP contribution in [0.1, 0.15) is 0 Å². The molecule has 0 amide bonds. The van der Waals surface area contributed by atoms with Gasteiger partial charge in [0.15, 0.2) is 5.65 Å². The molecule has 3 heterocycles. The maximum atomic E-state index is 11.8. The molecule has 10 heteroatoms. The monoisotopic (exact) mass is 368 g/mol. The summed E-state index contributed by atoms with van der Waals surface area (Å²) in [7, 11) is -0.879. The van der Waals surface area contributed by atoms with Gasteiger partial charge in [0.2, 0.25) is 5.95 Å². The molecule has 132 valence electrons. The van der Waals surface area contributed by atoms with E-state index in [-0.39, 0.29) is 0 Å². The second-order valence-corrected chi connectivity index (χ2v) is 7.70. The van der Waals surface area contributed by atoms with Gasteiger partial charge in [-0.25, -0.2) is 8.72 Å². The fourth-order valence-electron chi connectivity index (χ4n) is 2.52. The van der Waals surface area contributed by atoms with Crippen molar-refractivity contribution in [1.82, 2.24) is 29.4 Å². The third-order valence-electron chi connectivity index (χ3n) is 3.76. The first kappa shape index (κ1) is 16.2. The smallest absolute Gasteiger partial charge is 0.247 e. The number of aromatic nitrogens is 6. The molecule has 0 aliphatic carbocycles. The molecular weight excluding hydrogens is 352 g/mol. The highest BCUT2D eigenvalue weighted by Gasteiger charge is 2.11. The maximum absolute atomic E-state index is 11.8. The average Bonchev–Trinajstić information content (AvgIpc) is 3.19. The third-order valence-corrected chi connectivity index (χ3v) is 4.83. The molecule has 9 nitrogen and oxygen atoms in total. The van der Waals surface area contributed by atoms with E-state index < -0.39 is 9.71 Å². The van der Waals surface area contributed by atoms with Crippen LogP contribution >= 0.6 is 0 Å². The Kier molecular flexibility index (Phi) is 3.71. The molecule has 3 N–H and O–H groups in total. The summed E-state index contributed by atoms with van der Waals surface area (Å²) in [5.41, 5.74) is 3.02. The number of anilines is 2. The van der Waals surface area contributed by atoms with Crippen LogP contribution < -0.4 is 10.5 Å². The third kappa shape index (κ3) is 3.03. The molecule has 4 aromatic rings. The highest BCUT2D eigenvalue weighted by molar-refractivity contribution is 7.98. The Bertz CT molecular complexity index is 1190. The zero-order valence-corrected chi connectivity index (χ0v) is 14.7. The van der Waals surface area contributed by atoms with Crippen LogP contribution in [0.4, 0.5) is 11.6 Å². The lowest BCUT2D eigenvalue weighted by Crippen LogP contribution is -2.11. The van der Waals surface area contributed by atoms with Gasteiger partial charge in [0.1, 0.15) is 0 Å². The topological polar surface area (TPSA) is 116 Å². The zero-order valence-electron chi connectivity index (χ0n) is 13.9. The molecule has 4 rings (SSSR count). The van der Waals surface area contributed by atoms with E-state index in [1.165, 1.54) is 0 Å². The van der Waals surface area contributed by atoms with Crippen molar-refractivity contribution < 1.29 is 4.21 Å². The Hall–Kier alpha value is -3.24. The Balaban J connectivity index is 1.68. The van der Waals surface area contributed by atoms with Crippen molar-refractivity contribution in [1.29, 1.82) is 0 Å². The van der Waals surface area contributed by atoms with E-state index in [1.54, 1.807) is 52.1 Å². The lowest BCUT2D eigenvalue weighted by atomic mass is 10.3. The first-order valence-electron chi connectivity index (χ1n) is 7.62. The first-order valence-corrected chi connectivity index (χ1v) is 9.41. The van der Waals surface area contributed by atoms with Crippen molar-refractivity contribution >= 4 is 32.9 Å². The Morgan fingerprint density at radius 3 is 2.62 bits per heavy atom. The van der Waals surface area contributed by atoms with Gasteiger partial charge in [0, 0.05) is 29.4 Å². The summed E-state index contributed by atoms with van der Waals surface area (Å²) in [4.78, 5) is 9.13. The van der Waals surface area contributed by atoms with Gasteiger partial charge in [-0.1, -0.05) is 0 Å². The van der Waals surface area contributed by atoms with E-state index in [0.717, 1.165) is 16.9 Å². The van der Waals surface area contributed by atoms with Crippen LogP contribution in [0.2, 0.25) is 0 Å². The van der Waals surface area contributed by atoms with Crippen LogP contribution in [0.5, 0.6) is 0 Å². The minimum atomic E-state index is -2.73. The number of nitrogens with one attached hydrogen (secondary N) is 1. The van der Waals surface area contributed by atoms with Gasteiger partial charge in [0.05, 0.1) is 34.0 Å². The molecule has 0 saturated heterocycles. The van der Waals surface area contributed by atoms with Crippen molar-refractivity contribution in [2.45, 2.75) is 4.90 Å². The number of nitrogens with two attached hydrogens (primary N) is 1. The van der Waals surface area contributed by atoms with Gasteiger partial charge < -0.3 is 5.32 Å². The fourth-order valence-corrected chi connectivity index (χ4v) is 3.11. The molecule has 26 heavy (non-hydrogen) atoms. The van der Waals surface area contributed by atoms with Gasteiger partial charge in [0.25, 0.3) is 0 Å².